The number of aryl methyl sites for hydroxylation is 1. The number of alkyl halides is 3. The summed E-state index contributed by atoms with van der Waals surface area (Å²) in [5.74, 6) is 0.609. The summed E-state index contributed by atoms with van der Waals surface area (Å²) < 4.78 is 43.5. The van der Waals surface area contributed by atoms with Crippen molar-refractivity contribution >= 4 is 29.0 Å². The van der Waals surface area contributed by atoms with Crippen molar-refractivity contribution in [1.82, 2.24) is 29.7 Å². The summed E-state index contributed by atoms with van der Waals surface area (Å²) >= 11 is 0. The first-order valence-corrected chi connectivity index (χ1v) is 12.6. The van der Waals surface area contributed by atoms with Crippen LogP contribution in [0, 0.1) is 6.92 Å². The van der Waals surface area contributed by atoms with Gasteiger partial charge >= 0.3 is 6.18 Å². The van der Waals surface area contributed by atoms with E-state index in [2.05, 4.69) is 30.9 Å². The second kappa shape index (κ2) is 11.3. The van der Waals surface area contributed by atoms with Crippen LogP contribution in [0.2, 0.25) is 0 Å². The van der Waals surface area contributed by atoms with Crippen LogP contribution < -0.4 is 21.7 Å². The predicted molar refractivity (Wildman–Crippen MR) is 146 cm³/mol. The van der Waals surface area contributed by atoms with Crippen LogP contribution in [0.25, 0.3) is 5.82 Å². The van der Waals surface area contributed by atoms with E-state index >= 15 is 0 Å². The summed E-state index contributed by atoms with van der Waals surface area (Å²) in [6.45, 7) is 4.82. The topological polar surface area (TPSA) is 126 Å². The number of nitrogens with zero attached hydrogens (tertiary/aromatic N) is 5. The lowest BCUT2D eigenvalue weighted by molar-refractivity contribution is -0.138. The fourth-order valence-electron chi connectivity index (χ4n) is 4.46. The highest BCUT2D eigenvalue weighted by atomic mass is 19.4. The summed E-state index contributed by atoms with van der Waals surface area (Å²) in [5.41, 5.74) is 6.93. The summed E-state index contributed by atoms with van der Waals surface area (Å²) in [5, 5.41) is 9.11. The molecule has 0 saturated carbocycles. The molecule has 208 valence electrons. The number of hydrogen-bond acceptors (Lipinski definition) is 8. The van der Waals surface area contributed by atoms with Gasteiger partial charge in [0, 0.05) is 68.1 Å². The molecule has 2 aromatic carbocycles. The third-order valence-electron chi connectivity index (χ3n) is 6.58. The molecule has 5 rings (SSSR count). The number of nitrogens with two attached hydrogens (primary N) is 1. The fourth-order valence-corrected chi connectivity index (χ4v) is 4.46. The Bertz CT molecular complexity index is 1510. The third kappa shape index (κ3) is 6.21. The largest absolute Gasteiger partial charge is 0.416 e. The van der Waals surface area contributed by atoms with Gasteiger partial charge in [0.1, 0.15) is 18.0 Å². The third-order valence-corrected chi connectivity index (χ3v) is 6.58. The molecule has 3 heterocycles. The first-order chi connectivity index (χ1) is 19.2. The summed E-state index contributed by atoms with van der Waals surface area (Å²) in [7, 11) is 0. The van der Waals surface area contributed by atoms with Gasteiger partial charge in [0.15, 0.2) is 0 Å². The minimum absolute atomic E-state index is 0.0802. The standard InChI is InChI=1S/C27H28F3N9O/c1-17-2-5-20(13-22(17)37-26-33-8-11-39(26)24-14-23(31)34-16-35-24)36-25(40)18-3-4-19(21(12-18)27(28,29)30)15-38-9-6-32-7-10-38/h2-5,8,11-14,16,32H,6-7,9-10,15H2,1H3,(H,33,37)(H,36,40)(H2,31,34,35). The van der Waals surface area contributed by atoms with E-state index in [0.717, 1.165) is 24.7 Å². The predicted octanol–water partition coefficient (Wildman–Crippen LogP) is 3.97. The van der Waals surface area contributed by atoms with E-state index in [9.17, 15) is 18.0 Å². The Hall–Kier alpha value is -4.49. The molecule has 0 unspecified atom stereocenters. The van der Waals surface area contributed by atoms with Crippen LogP contribution in [-0.2, 0) is 12.7 Å². The number of halogens is 3. The monoisotopic (exact) mass is 551 g/mol. The van der Waals surface area contributed by atoms with Crippen LogP contribution in [0.1, 0.15) is 27.0 Å². The Morgan fingerprint density at radius 2 is 1.88 bits per heavy atom. The molecule has 0 aliphatic carbocycles. The van der Waals surface area contributed by atoms with E-state index in [1.165, 1.54) is 18.5 Å². The number of amides is 1. The van der Waals surface area contributed by atoms with Crippen LogP contribution in [-0.4, -0.2) is 56.5 Å². The van der Waals surface area contributed by atoms with Gasteiger partial charge in [-0.1, -0.05) is 12.1 Å². The van der Waals surface area contributed by atoms with Crippen LogP contribution >= 0.6 is 0 Å². The Kier molecular flexibility index (Phi) is 7.67. The highest BCUT2D eigenvalue weighted by molar-refractivity contribution is 6.04. The molecule has 1 fully saturated rings. The van der Waals surface area contributed by atoms with Crippen molar-refractivity contribution < 1.29 is 18.0 Å². The maximum absolute atomic E-state index is 13.9. The van der Waals surface area contributed by atoms with Gasteiger partial charge in [0.25, 0.3) is 5.91 Å². The summed E-state index contributed by atoms with van der Waals surface area (Å²) in [6.07, 6.45) is 0.0510. The second-order valence-corrected chi connectivity index (χ2v) is 9.43. The molecule has 1 amide bonds. The van der Waals surface area contributed by atoms with Gasteiger partial charge in [-0.2, -0.15) is 13.2 Å². The van der Waals surface area contributed by atoms with Crippen molar-refractivity contribution in [2.24, 2.45) is 0 Å². The minimum atomic E-state index is -4.59. The molecule has 0 atom stereocenters. The van der Waals surface area contributed by atoms with Gasteiger partial charge in [-0.3, -0.25) is 14.3 Å². The highest BCUT2D eigenvalue weighted by Crippen LogP contribution is 2.34. The molecule has 1 saturated heterocycles. The molecule has 0 radical (unpaired) electrons. The number of hydrogen-bond donors (Lipinski definition) is 4. The minimum Gasteiger partial charge on any atom is -0.384 e. The zero-order valence-corrected chi connectivity index (χ0v) is 21.7. The number of imidazole rings is 1. The molecule has 0 bridgehead atoms. The lowest BCUT2D eigenvalue weighted by Gasteiger charge is -2.28. The average molecular weight is 552 g/mol. The Morgan fingerprint density at radius 3 is 2.62 bits per heavy atom. The van der Waals surface area contributed by atoms with Gasteiger partial charge in [-0.15, -0.1) is 0 Å². The number of carbonyl (C=O) groups is 1. The number of anilines is 4. The maximum Gasteiger partial charge on any atom is 0.416 e. The molecule has 13 heteroatoms. The Balaban J connectivity index is 1.35. The number of carbonyl (C=O) groups excluding carboxylic acids is 1. The van der Waals surface area contributed by atoms with Gasteiger partial charge < -0.3 is 21.7 Å². The van der Waals surface area contributed by atoms with Gasteiger partial charge in [0.05, 0.1) is 5.56 Å². The Labute approximate surface area is 228 Å². The van der Waals surface area contributed by atoms with Crippen LogP contribution in [0.5, 0.6) is 0 Å². The quantitative estimate of drug-likeness (QED) is 0.272. The fraction of sp³-hybridized carbons (Fsp3) is 0.259. The molecule has 40 heavy (non-hydrogen) atoms. The lowest BCUT2D eigenvalue weighted by Crippen LogP contribution is -2.43. The van der Waals surface area contributed by atoms with E-state index in [1.807, 2.05) is 11.8 Å². The molecule has 5 N–H and O–H groups in total. The summed E-state index contributed by atoms with van der Waals surface area (Å²) in [6, 6.07) is 10.5. The van der Waals surface area contributed by atoms with Gasteiger partial charge in [-0.05, 0) is 42.3 Å². The molecule has 1 aliphatic heterocycles. The van der Waals surface area contributed by atoms with Crippen LogP contribution in [0.4, 0.5) is 36.3 Å². The smallest absolute Gasteiger partial charge is 0.384 e. The second-order valence-electron chi connectivity index (χ2n) is 9.43. The Morgan fingerprint density at radius 1 is 1.07 bits per heavy atom. The molecule has 1 aliphatic rings. The maximum atomic E-state index is 13.9. The van der Waals surface area contributed by atoms with E-state index in [-0.39, 0.29) is 17.7 Å². The first kappa shape index (κ1) is 27.1. The summed E-state index contributed by atoms with van der Waals surface area (Å²) in [4.78, 5) is 27.4. The number of nitrogen functional groups attached to an aromatic ring is 1. The van der Waals surface area contributed by atoms with Crippen molar-refractivity contribution in [3.8, 4) is 5.82 Å². The van der Waals surface area contributed by atoms with E-state index < -0.39 is 17.6 Å². The van der Waals surface area contributed by atoms with Crippen LogP contribution in [0.15, 0.2) is 61.2 Å². The average Bonchev–Trinajstić information content (AvgIpc) is 3.39. The van der Waals surface area contributed by atoms with Crippen molar-refractivity contribution in [1.29, 1.82) is 0 Å². The lowest BCUT2D eigenvalue weighted by atomic mass is 10.0. The van der Waals surface area contributed by atoms with Crippen molar-refractivity contribution in [3.63, 3.8) is 0 Å². The number of piperazine rings is 1. The van der Waals surface area contributed by atoms with Crippen molar-refractivity contribution in [2.45, 2.75) is 19.6 Å². The first-order valence-electron chi connectivity index (χ1n) is 12.6. The van der Waals surface area contributed by atoms with E-state index in [0.29, 0.717) is 42.0 Å². The van der Waals surface area contributed by atoms with Crippen molar-refractivity contribution in [3.05, 3.63) is 83.4 Å². The zero-order chi connectivity index (χ0) is 28.3. The van der Waals surface area contributed by atoms with E-state index in [1.54, 1.807) is 41.2 Å². The van der Waals surface area contributed by atoms with Gasteiger partial charge in [-0.25, -0.2) is 15.0 Å². The normalized spacial score (nSPS) is 14.2. The molecular weight excluding hydrogens is 523 g/mol. The number of rotatable bonds is 7. The molecule has 10 nitrogen and oxygen atoms in total. The van der Waals surface area contributed by atoms with Crippen molar-refractivity contribution in [2.75, 3.05) is 42.5 Å². The molecular formula is C27H28F3N9O. The van der Waals surface area contributed by atoms with Crippen LogP contribution in [0.3, 0.4) is 0 Å². The zero-order valence-electron chi connectivity index (χ0n) is 21.7. The number of nitrogens with one attached hydrogen (secondary N) is 3. The number of benzene rings is 2. The molecule has 2 aromatic heterocycles. The highest BCUT2D eigenvalue weighted by Gasteiger charge is 2.34. The molecule has 0 spiro atoms. The van der Waals surface area contributed by atoms with Gasteiger partial charge in [0.2, 0.25) is 5.95 Å². The number of aromatic nitrogens is 4. The van der Waals surface area contributed by atoms with E-state index in [4.69, 9.17) is 5.73 Å². The molecule has 4 aromatic rings. The SMILES string of the molecule is Cc1ccc(NC(=O)c2ccc(CN3CCNCC3)c(C(F)(F)F)c2)cc1Nc1nccn1-c1cc(N)ncn1.